The molecule has 0 aromatic carbocycles. The van der Waals surface area contributed by atoms with Gasteiger partial charge in [0.2, 0.25) is 0 Å². The van der Waals surface area contributed by atoms with E-state index in [0.29, 0.717) is 0 Å². The molecule has 11 heavy (non-hydrogen) atoms. The van der Waals surface area contributed by atoms with Crippen LogP contribution in [0.15, 0.2) is 35.9 Å². The largest absolute Gasteiger partial charge is 0.359 e. The molecule has 0 spiro atoms. The molecule has 2 nitrogen and oxygen atoms in total. The van der Waals surface area contributed by atoms with E-state index in [2.05, 4.69) is 16.6 Å². The highest BCUT2D eigenvalue weighted by Crippen LogP contribution is 2.05. The van der Waals surface area contributed by atoms with E-state index >= 15 is 0 Å². The lowest BCUT2D eigenvalue weighted by Gasteiger charge is -2.15. The molecule has 0 aromatic rings. The third-order valence-electron chi connectivity index (χ3n) is 1.37. The van der Waals surface area contributed by atoms with Crippen molar-refractivity contribution >= 4 is 0 Å². The normalized spacial score (nSPS) is 22.5. The van der Waals surface area contributed by atoms with Gasteiger partial charge in [-0.05, 0) is 6.92 Å². The summed E-state index contributed by atoms with van der Waals surface area (Å²) in [4.78, 5) is 0. The van der Waals surface area contributed by atoms with Crippen LogP contribution in [0.2, 0.25) is 0 Å². The van der Waals surface area contributed by atoms with Crippen molar-refractivity contribution in [2.45, 2.75) is 6.92 Å². The molecule has 0 unspecified atom stereocenters. The average molecular weight is 146 g/mol. The first-order valence-electron chi connectivity index (χ1n) is 3.39. The first-order chi connectivity index (χ1) is 5.38. The van der Waals surface area contributed by atoms with Crippen molar-refractivity contribution in [2.75, 3.05) is 0 Å². The molecule has 1 aliphatic heterocycles. The van der Waals surface area contributed by atoms with Gasteiger partial charge in [0.15, 0.2) is 0 Å². The molecule has 0 radical (unpaired) electrons. The van der Waals surface area contributed by atoms with Crippen LogP contribution >= 0.6 is 0 Å². The first kappa shape index (κ1) is 7.49. The number of terminal acetylenes is 1. The summed E-state index contributed by atoms with van der Waals surface area (Å²) >= 11 is 0. The highest BCUT2D eigenvalue weighted by Gasteiger charge is 2.02. The van der Waals surface area contributed by atoms with Crippen molar-refractivity contribution in [3.05, 3.63) is 35.9 Å². The van der Waals surface area contributed by atoms with Gasteiger partial charge in [-0.15, -0.1) is 6.42 Å². The van der Waals surface area contributed by atoms with Gasteiger partial charge in [-0.2, -0.15) is 0 Å². The first-order valence-corrected chi connectivity index (χ1v) is 3.39. The van der Waals surface area contributed by atoms with Gasteiger partial charge >= 0.3 is 0 Å². The molecular formula is C9H10N2. The van der Waals surface area contributed by atoms with Gasteiger partial charge in [-0.3, -0.25) is 0 Å². The van der Waals surface area contributed by atoms with Gasteiger partial charge in [0, 0.05) is 18.5 Å². The van der Waals surface area contributed by atoms with E-state index in [0.717, 1.165) is 11.4 Å². The van der Waals surface area contributed by atoms with Crippen LogP contribution in [0.25, 0.3) is 0 Å². The predicted octanol–water partition coefficient (Wildman–Crippen LogP) is 1.07. The Balaban J connectivity index is 2.89. The molecule has 0 bridgehead atoms. The Morgan fingerprint density at radius 3 is 2.55 bits per heavy atom. The van der Waals surface area contributed by atoms with Gasteiger partial charge in [-0.1, -0.05) is 12.0 Å². The summed E-state index contributed by atoms with van der Waals surface area (Å²) in [6.45, 7) is 1.95. The lowest BCUT2D eigenvalue weighted by Crippen LogP contribution is -2.21. The molecule has 0 aliphatic carbocycles. The molecule has 1 rings (SSSR count). The van der Waals surface area contributed by atoms with Crippen molar-refractivity contribution in [1.29, 1.82) is 0 Å². The van der Waals surface area contributed by atoms with Gasteiger partial charge in [0.05, 0.1) is 11.4 Å². The molecule has 1 heterocycles. The summed E-state index contributed by atoms with van der Waals surface area (Å²) in [5.74, 6) is 2.46. The summed E-state index contributed by atoms with van der Waals surface area (Å²) in [5, 5.41) is 6.09. The maximum absolute atomic E-state index is 5.13. The maximum Gasteiger partial charge on any atom is 0.0700 e. The molecule has 0 fully saturated rings. The van der Waals surface area contributed by atoms with Crippen LogP contribution in [-0.4, -0.2) is 0 Å². The van der Waals surface area contributed by atoms with E-state index in [1.807, 2.05) is 19.2 Å². The Morgan fingerprint density at radius 2 is 2.00 bits per heavy atom. The third-order valence-corrected chi connectivity index (χ3v) is 1.37. The molecule has 2 N–H and O–H groups in total. The topological polar surface area (TPSA) is 24.1 Å². The SMILES string of the molecule is C#CC=C1NC=CNC1=CC. The summed E-state index contributed by atoms with van der Waals surface area (Å²) < 4.78 is 0. The minimum atomic E-state index is 0.928. The second kappa shape index (κ2) is 3.52. The summed E-state index contributed by atoms with van der Waals surface area (Å²) in [6.07, 6.45) is 12.4. The molecule has 0 saturated heterocycles. The van der Waals surface area contributed by atoms with Crippen LogP contribution in [-0.2, 0) is 0 Å². The van der Waals surface area contributed by atoms with Crippen LogP contribution in [0.3, 0.4) is 0 Å². The van der Waals surface area contributed by atoms with E-state index in [9.17, 15) is 0 Å². The van der Waals surface area contributed by atoms with Crippen molar-refractivity contribution in [2.24, 2.45) is 0 Å². The zero-order valence-electron chi connectivity index (χ0n) is 6.39. The van der Waals surface area contributed by atoms with Gasteiger partial charge in [0.1, 0.15) is 0 Å². The fourth-order valence-electron chi connectivity index (χ4n) is 0.860. The molecule has 0 aromatic heterocycles. The van der Waals surface area contributed by atoms with E-state index < -0.39 is 0 Å². The second-order valence-electron chi connectivity index (χ2n) is 2.05. The highest BCUT2D eigenvalue weighted by molar-refractivity contribution is 5.36. The van der Waals surface area contributed by atoms with Gasteiger partial charge < -0.3 is 10.6 Å². The molecule has 0 atom stereocenters. The Kier molecular flexibility index (Phi) is 2.40. The van der Waals surface area contributed by atoms with Crippen LogP contribution in [0.1, 0.15) is 6.92 Å². The number of hydrogen-bond donors (Lipinski definition) is 2. The molecular weight excluding hydrogens is 136 g/mol. The molecule has 0 amide bonds. The van der Waals surface area contributed by atoms with Crippen molar-refractivity contribution < 1.29 is 0 Å². The Hall–Kier alpha value is -1.62. The fourth-order valence-corrected chi connectivity index (χ4v) is 0.860. The van der Waals surface area contributed by atoms with E-state index in [-0.39, 0.29) is 0 Å². The van der Waals surface area contributed by atoms with Crippen LogP contribution in [0.5, 0.6) is 0 Å². The lowest BCUT2D eigenvalue weighted by atomic mass is 10.2. The maximum atomic E-state index is 5.13. The van der Waals surface area contributed by atoms with Crippen molar-refractivity contribution in [3.8, 4) is 12.3 Å². The molecule has 2 heteroatoms. The Labute approximate surface area is 66.7 Å². The zero-order valence-corrected chi connectivity index (χ0v) is 6.39. The Morgan fingerprint density at radius 1 is 1.36 bits per heavy atom. The summed E-state index contributed by atoms with van der Waals surface area (Å²) in [6, 6.07) is 0. The number of hydrogen-bond acceptors (Lipinski definition) is 2. The second-order valence-corrected chi connectivity index (χ2v) is 2.05. The smallest absolute Gasteiger partial charge is 0.0700 e. The van der Waals surface area contributed by atoms with E-state index in [4.69, 9.17) is 6.42 Å². The average Bonchev–Trinajstić information content (AvgIpc) is 2.06. The van der Waals surface area contributed by atoms with Gasteiger partial charge in [0.25, 0.3) is 0 Å². The molecule has 0 saturated carbocycles. The quantitative estimate of drug-likeness (QED) is 0.499. The lowest BCUT2D eigenvalue weighted by molar-refractivity contribution is 0.913. The number of nitrogens with one attached hydrogen (secondary N) is 2. The molecule has 56 valence electrons. The predicted molar refractivity (Wildman–Crippen MR) is 46.1 cm³/mol. The number of rotatable bonds is 0. The van der Waals surface area contributed by atoms with Crippen molar-refractivity contribution in [3.63, 3.8) is 0 Å². The van der Waals surface area contributed by atoms with E-state index in [1.165, 1.54) is 0 Å². The third kappa shape index (κ3) is 1.65. The van der Waals surface area contributed by atoms with Crippen LogP contribution in [0, 0.1) is 12.3 Å². The fraction of sp³-hybridized carbons (Fsp3) is 0.111. The number of allylic oxidation sites excluding steroid dienone is 2. The summed E-state index contributed by atoms with van der Waals surface area (Å²) in [5.41, 5.74) is 1.93. The van der Waals surface area contributed by atoms with Crippen molar-refractivity contribution in [1.82, 2.24) is 10.6 Å². The van der Waals surface area contributed by atoms with Gasteiger partial charge in [-0.25, -0.2) is 0 Å². The summed E-state index contributed by atoms with van der Waals surface area (Å²) in [7, 11) is 0. The van der Waals surface area contributed by atoms with Crippen LogP contribution in [0.4, 0.5) is 0 Å². The van der Waals surface area contributed by atoms with Crippen LogP contribution < -0.4 is 10.6 Å². The standard InChI is InChI=1S/C9H10N2/c1-3-5-9-8(4-2)10-6-7-11-9/h1,4-7,10-11H,2H3. The highest BCUT2D eigenvalue weighted by atomic mass is 15.0. The van der Waals surface area contributed by atoms with E-state index in [1.54, 1.807) is 12.3 Å². The minimum Gasteiger partial charge on any atom is -0.359 e. The monoisotopic (exact) mass is 146 g/mol. The Bertz CT molecular complexity index is 264. The minimum absolute atomic E-state index is 0.928. The zero-order chi connectivity index (χ0) is 8.10. The molecule has 1 aliphatic rings.